The molecule has 1 amide bonds. The fraction of sp³-hybridized carbons (Fsp3) is 0.0625. The first-order valence-corrected chi connectivity index (χ1v) is 8.48. The van der Waals surface area contributed by atoms with Crippen LogP contribution in [0.15, 0.2) is 36.4 Å². The predicted octanol–water partition coefficient (Wildman–Crippen LogP) is 5.14. The molecular weight excluding hydrogens is 332 g/mol. The van der Waals surface area contributed by atoms with Crippen molar-refractivity contribution in [3.8, 4) is 0 Å². The zero-order chi connectivity index (χ0) is 16.1. The van der Waals surface area contributed by atoms with Crippen molar-refractivity contribution in [2.45, 2.75) is 6.92 Å². The molecule has 5 nitrogen and oxygen atoms in total. The molecule has 0 radical (unpaired) electrons. The molecule has 23 heavy (non-hydrogen) atoms. The molecule has 0 unspecified atom stereocenters. The summed E-state index contributed by atoms with van der Waals surface area (Å²) in [6, 6.07) is 11.5. The van der Waals surface area contributed by atoms with E-state index in [2.05, 4.69) is 11.4 Å². The van der Waals surface area contributed by atoms with Gasteiger partial charge in [-0.25, -0.2) is 0 Å². The number of fused-ring (bicyclic) bond motifs is 5. The van der Waals surface area contributed by atoms with Gasteiger partial charge in [0.2, 0.25) is 5.91 Å². The second-order valence-corrected chi connectivity index (χ2v) is 7.47. The Morgan fingerprint density at radius 1 is 1.13 bits per heavy atom. The predicted molar refractivity (Wildman–Crippen MR) is 95.7 cm³/mol. The van der Waals surface area contributed by atoms with E-state index in [1.165, 1.54) is 23.0 Å². The largest absolute Gasteiger partial charge is 0.321 e. The standard InChI is InChI=1S/C16H10N2O3S2/c1-8(19)17-11-7-6-10-13-9-4-2-3-5-12(9)22-16(13)23-15(10)14(11)18(20)21/h2-7H,1H3,(H,17,19). The van der Waals surface area contributed by atoms with E-state index < -0.39 is 4.92 Å². The molecule has 4 aromatic rings. The summed E-state index contributed by atoms with van der Waals surface area (Å²) in [5.41, 5.74) is 0.211. The van der Waals surface area contributed by atoms with E-state index in [-0.39, 0.29) is 17.3 Å². The van der Waals surface area contributed by atoms with E-state index in [1.807, 2.05) is 24.3 Å². The molecule has 4 rings (SSSR count). The van der Waals surface area contributed by atoms with E-state index in [4.69, 9.17) is 0 Å². The van der Waals surface area contributed by atoms with Crippen LogP contribution >= 0.6 is 22.7 Å². The number of carbonyl (C=O) groups is 1. The summed E-state index contributed by atoms with van der Waals surface area (Å²) in [4.78, 5) is 22.4. The molecule has 2 aromatic carbocycles. The highest BCUT2D eigenvalue weighted by molar-refractivity contribution is 7.44. The molecule has 0 fully saturated rings. The Labute approximate surface area is 138 Å². The smallest absolute Gasteiger partial charge is 0.310 e. The SMILES string of the molecule is CC(=O)Nc1ccc2c(sc3sc4ccccc4c32)c1[N+](=O)[O-]. The summed E-state index contributed by atoms with van der Waals surface area (Å²) in [6.45, 7) is 1.34. The van der Waals surface area contributed by atoms with Crippen LogP contribution in [0, 0.1) is 10.1 Å². The summed E-state index contributed by atoms with van der Waals surface area (Å²) >= 11 is 3.05. The molecule has 114 valence electrons. The normalized spacial score (nSPS) is 11.3. The lowest BCUT2D eigenvalue weighted by molar-refractivity contribution is -0.381. The maximum absolute atomic E-state index is 11.5. The minimum Gasteiger partial charge on any atom is -0.321 e. The summed E-state index contributed by atoms with van der Waals surface area (Å²) in [5, 5.41) is 17.1. The van der Waals surface area contributed by atoms with Gasteiger partial charge in [0.05, 0.1) is 8.94 Å². The molecule has 0 spiro atoms. The summed E-state index contributed by atoms with van der Waals surface area (Å²) in [5.74, 6) is -0.323. The first kappa shape index (κ1) is 14.1. The number of carbonyl (C=O) groups excluding carboxylic acids is 1. The van der Waals surface area contributed by atoms with Gasteiger partial charge in [-0.15, -0.1) is 22.7 Å². The summed E-state index contributed by atoms with van der Waals surface area (Å²) in [7, 11) is 0. The molecule has 0 aliphatic heterocycles. The van der Waals surface area contributed by atoms with Crippen molar-refractivity contribution in [2.24, 2.45) is 0 Å². The van der Waals surface area contributed by atoms with Crippen molar-refractivity contribution in [2.75, 3.05) is 5.32 Å². The average molecular weight is 342 g/mol. The third-order valence-electron chi connectivity index (χ3n) is 3.65. The van der Waals surface area contributed by atoms with E-state index in [0.717, 1.165) is 20.2 Å². The lowest BCUT2D eigenvalue weighted by atomic mass is 10.1. The second kappa shape index (κ2) is 5.00. The van der Waals surface area contributed by atoms with Gasteiger partial charge in [-0.3, -0.25) is 14.9 Å². The number of thiophene rings is 2. The molecule has 1 N–H and O–H groups in total. The van der Waals surface area contributed by atoms with Crippen molar-refractivity contribution in [3.63, 3.8) is 0 Å². The van der Waals surface area contributed by atoms with Crippen molar-refractivity contribution in [3.05, 3.63) is 46.5 Å². The summed E-state index contributed by atoms with van der Waals surface area (Å²) < 4.78 is 2.83. The van der Waals surface area contributed by atoms with Crippen molar-refractivity contribution >= 4 is 69.5 Å². The maximum atomic E-state index is 11.5. The Morgan fingerprint density at radius 2 is 1.91 bits per heavy atom. The van der Waals surface area contributed by atoms with Gasteiger partial charge in [0.1, 0.15) is 10.4 Å². The molecule has 0 bridgehead atoms. The van der Waals surface area contributed by atoms with Crippen LogP contribution in [-0.4, -0.2) is 10.8 Å². The van der Waals surface area contributed by atoms with Gasteiger partial charge >= 0.3 is 5.69 Å². The Balaban J connectivity index is 2.13. The van der Waals surface area contributed by atoms with Crippen molar-refractivity contribution in [1.82, 2.24) is 0 Å². The number of nitrogens with one attached hydrogen (secondary N) is 1. The van der Waals surface area contributed by atoms with Crippen LogP contribution in [0.3, 0.4) is 0 Å². The molecule has 0 saturated carbocycles. The highest BCUT2D eigenvalue weighted by Gasteiger charge is 2.24. The first-order valence-electron chi connectivity index (χ1n) is 6.85. The fourth-order valence-electron chi connectivity index (χ4n) is 2.79. The third kappa shape index (κ3) is 2.08. The van der Waals surface area contributed by atoms with Crippen molar-refractivity contribution < 1.29 is 9.72 Å². The molecule has 2 heterocycles. The number of rotatable bonds is 2. The second-order valence-electron chi connectivity index (χ2n) is 5.14. The van der Waals surface area contributed by atoms with Gasteiger partial charge in [0, 0.05) is 27.8 Å². The van der Waals surface area contributed by atoms with E-state index in [0.29, 0.717) is 4.70 Å². The zero-order valence-electron chi connectivity index (χ0n) is 12.0. The molecule has 0 saturated heterocycles. The Morgan fingerprint density at radius 3 is 2.65 bits per heavy atom. The zero-order valence-corrected chi connectivity index (χ0v) is 13.6. The van der Waals surface area contributed by atoms with Crippen LogP contribution in [0.5, 0.6) is 0 Å². The van der Waals surface area contributed by atoms with Gasteiger partial charge in [0.25, 0.3) is 0 Å². The van der Waals surface area contributed by atoms with Gasteiger partial charge in [-0.05, 0) is 12.1 Å². The molecular formula is C16H10N2O3S2. The van der Waals surface area contributed by atoms with Gasteiger partial charge in [-0.2, -0.15) is 0 Å². The van der Waals surface area contributed by atoms with Gasteiger partial charge in [-0.1, -0.05) is 24.3 Å². The molecule has 2 aromatic heterocycles. The highest BCUT2D eigenvalue weighted by Crippen LogP contribution is 2.48. The van der Waals surface area contributed by atoms with Crippen LogP contribution in [0.1, 0.15) is 6.92 Å². The lowest BCUT2D eigenvalue weighted by Crippen LogP contribution is -2.07. The van der Waals surface area contributed by atoms with Gasteiger partial charge in [0.15, 0.2) is 0 Å². The minimum absolute atomic E-state index is 0.0322. The third-order valence-corrected chi connectivity index (χ3v) is 6.12. The van der Waals surface area contributed by atoms with Crippen molar-refractivity contribution in [1.29, 1.82) is 0 Å². The average Bonchev–Trinajstić information content (AvgIpc) is 3.01. The van der Waals surface area contributed by atoms with Gasteiger partial charge < -0.3 is 5.32 Å². The topological polar surface area (TPSA) is 72.2 Å². The number of benzene rings is 2. The number of hydrogen-bond donors (Lipinski definition) is 1. The Hall–Kier alpha value is -2.51. The molecule has 0 aliphatic rings. The number of hydrogen-bond acceptors (Lipinski definition) is 5. The van der Waals surface area contributed by atoms with Crippen LogP contribution in [-0.2, 0) is 4.79 Å². The van der Waals surface area contributed by atoms with E-state index in [9.17, 15) is 14.9 Å². The number of nitrogens with zero attached hydrogens (tertiary/aromatic N) is 1. The quantitative estimate of drug-likeness (QED) is 0.405. The Bertz CT molecular complexity index is 1110. The molecule has 0 atom stereocenters. The first-order chi connectivity index (χ1) is 11.1. The molecule has 0 aliphatic carbocycles. The Kier molecular flexibility index (Phi) is 3.07. The van der Waals surface area contributed by atoms with Crippen LogP contribution in [0.2, 0.25) is 0 Å². The maximum Gasteiger partial charge on any atom is 0.310 e. The number of nitro groups is 1. The van der Waals surface area contributed by atoms with Crippen LogP contribution in [0.25, 0.3) is 29.6 Å². The van der Waals surface area contributed by atoms with Crippen LogP contribution in [0.4, 0.5) is 11.4 Å². The highest BCUT2D eigenvalue weighted by atomic mass is 32.2. The van der Waals surface area contributed by atoms with E-state index >= 15 is 0 Å². The number of nitro benzene ring substituents is 1. The number of amides is 1. The monoisotopic (exact) mass is 342 g/mol. The fourth-order valence-corrected chi connectivity index (χ4v) is 5.49. The molecule has 7 heteroatoms. The van der Waals surface area contributed by atoms with Crippen LogP contribution < -0.4 is 5.32 Å². The number of anilines is 1. The van der Waals surface area contributed by atoms with E-state index in [1.54, 1.807) is 17.4 Å². The minimum atomic E-state index is -0.421. The lowest BCUT2D eigenvalue weighted by Gasteiger charge is -2.04. The summed E-state index contributed by atoms with van der Waals surface area (Å²) in [6.07, 6.45) is 0.